The van der Waals surface area contributed by atoms with E-state index in [9.17, 15) is 14.5 Å². The van der Waals surface area contributed by atoms with Crippen molar-refractivity contribution in [2.75, 3.05) is 0 Å². The van der Waals surface area contributed by atoms with Gasteiger partial charge in [0.05, 0.1) is 8.49 Å². The molecule has 0 fully saturated rings. The van der Waals surface area contributed by atoms with Crippen LogP contribution in [-0.4, -0.2) is 11.0 Å². The number of benzene rings is 1. The summed E-state index contributed by atoms with van der Waals surface area (Å²) in [5.74, 6) is -0.251. The van der Waals surface area contributed by atoms with E-state index in [1.165, 1.54) is 12.1 Å². The van der Waals surface area contributed by atoms with Crippen LogP contribution in [-0.2, 0) is 6.42 Å². The highest BCUT2D eigenvalue weighted by Gasteiger charge is 2.20. The molecule has 0 aliphatic carbocycles. The van der Waals surface area contributed by atoms with Crippen LogP contribution in [0.2, 0.25) is 0 Å². The maximum absolute atomic E-state index is 13.4. The average Bonchev–Trinajstić information content (AvgIpc) is 2.22. The standard InChI is InChI=1S/C11H14FIN2O2/c1-6(2)10(14)4-7-3-8(12)9(13)5-11(7)15(16)17/h3,5-6,10H,4,14H2,1-2H3. The Kier molecular flexibility index (Phi) is 4.81. The zero-order chi connectivity index (χ0) is 13.2. The van der Waals surface area contributed by atoms with Crippen LogP contribution >= 0.6 is 22.6 Å². The van der Waals surface area contributed by atoms with Crippen molar-refractivity contribution in [3.05, 3.63) is 37.2 Å². The Labute approximate surface area is 113 Å². The fraction of sp³-hybridized carbons (Fsp3) is 0.455. The summed E-state index contributed by atoms with van der Waals surface area (Å²) in [6.07, 6.45) is 0.307. The lowest BCUT2D eigenvalue weighted by molar-refractivity contribution is -0.385. The Morgan fingerprint density at radius 3 is 2.59 bits per heavy atom. The molecule has 1 aromatic carbocycles. The second kappa shape index (κ2) is 5.72. The van der Waals surface area contributed by atoms with E-state index in [1.807, 2.05) is 13.8 Å². The summed E-state index contributed by atoms with van der Waals surface area (Å²) in [7, 11) is 0. The van der Waals surface area contributed by atoms with E-state index in [1.54, 1.807) is 22.6 Å². The summed E-state index contributed by atoms with van der Waals surface area (Å²) < 4.78 is 13.6. The molecule has 2 N–H and O–H groups in total. The molecule has 1 aromatic rings. The van der Waals surface area contributed by atoms with Crippen molar-refractivity contribution in [1.29, 1.82) is 0 Å². The molecule has 0 aliphatic rings. The molecule has 1 rings (SSSR count). The van der Waals surface area contributed by atoms with Gasteiger partial charge in [-0.2, -0.15) is 0 Å². The Balaban J connectivity index is 3.13. The molecular formula is C11H14FIN2O2. The second-order valence-electron chi connectivity index (χ2n) is 4.26. The van der Waals surface area contributed by atoms with Crippen molar-refractivity contribution >= 4 is 28.3 Å². The van der Waals surface area contributed by atoms with Gasteiger partial charge in [0.15, 0.2) is 0 Å². The molecule has 17 heavy (non-hydrogen) atoms. The number of hydrogen-bond acceptors (Lipinski definition) is 3. The first-order valence-electron chi connectivity index (χ1n) is 5.20. The predicted octanol–water partition coefficient (Wildman–Crippen LogP) is 2.86. The van der Waals surface area contributed by atoms with Gasteiger partial charge in [0.2, 0.25) is 0 Å². The smallest absolute Gasteiger partial charge is 0.273 e. The van der Waals surface area contributed by atoms with E-state index >= 15 is 0 Å². The Bertz CT molecular complexity index is 438. The molecule has 0 spiro atoms. The lowest BCUT2D eigenvalue weighted by atomic mass is 9.96. The van der Waals surface area contributed by atoms with Gasteiger partial charge >= 0.3 is 0 Å². The molecule has 0 amide bonds. The minimum absolute atomic E-state index is 0.0631. The van der Waals surface area contributed by atoms with Crippen LogP contribution in [0.1, 0.15) is 19.4 Å². The van der Waals surface area contributed by atoms with Gasteiger partial charge in [0.1, 0.15) is 5.82 Å². The van der Waals surface area contributed by atoms with E-state index in [-0.39, 0.29) is 21.2 Å². The third-order valence-electron chi connectivity index (χ3n) is 2.63. The number of halogens is 2. The monoisotopic (exact) mass is 352 g/mol. The molecule has 1 unspecified atom stereocenters. The lowest BCUT2D eigenvalue weighted by Gasteiger charge is -2.15. The van der Waals surface area contributed by atoms with Gasteiger partial charge < -0.3 is 5.73 Å². The van der Waals surface area contributed by atoms with Crippen LogP contribution in [0.5, 0.6) is 0 Å². The highest BCUT2D eigenvalue weighted by molar-refractivity contribution is 14.1. The van der Waals surface area contributed by atoms with E-state index < -0.39 is 10.7 Å². The maximum atomic E-state index is 13.4. The first-order valence-corrected chi connectivity index (χ1v) is 6.28. The third-order valence-corrected chi connectivity index (χ3v) is 3.46. The molecule has 94 valence electrons. The zero-order valence-electron chi connectivity index (χ0n) is 9.61. The van der Waals surface area contributed by atoms with Crippen molar-refractivity contribution < 1.29 is 9.31 Å². The second-order valence-corrected chi connectivity index (χ2v) is 5.43. The highest BCUT2D eigenvalue weighted by atomic mass is 127. The predicted molar refractivity (Wildman–Crippen MR) is 72.3 cm³/mol. The van der Waals surface area contributed by atoms with E-state index in [0.717, 1.165) is 0 Å². The van der Waals surface area contributed by atoms with E-state index in [4.69, 9.17) is 5.73 Å². The molecule has 0 heterocycles. The van der Waals surface area contributed by atoms with Gasteiger partial charge in [-0.05, 0) is 41.0 Å². The van der Waals surface area contributed by atoms with Crippen molar-refractivity contribution in [3.63, 3.8) is 0 Å². The number of hydrogen-bond donors (Lipinski definition) is 1. The van der Waals surface area contributed by atoms with E-state index in [2.05, 4.69) is 0 Å². The fourth-order valence-corrected chi connectivity index (χ4v) is 1.85. The summed E-state index contributed by atoms with van der Waals surface area (Å²) in [5, 5.41) is 10.9. The van der Waals surface area contributed by atoms with Crippen LogP contribution in [0.15, 0.2) is 12.1 Å². The van der Waals surface area contributed by atoms with Gasteiger partial charge in [-0.25, -0.2) is 4.39 Å². The molecule has 4 nitrogen and oxygen atoms in total. The average molecular weight is 352 g/mol. The van der Waals surface area contributed by atoms with Crippen LogP contribution in [0.4, 0.5) is 10.1 Å². The van der Waals surface area contributed by atoms with Gasteiger partial charge in [0.25, 0.3) is 5.69 Å². The Morgan fingerprint density at radius 2 is 2.12 bits per heavy atom. The third kappa shape index (κ3) is 3.60. The minimum Gasteiger partial charge on any atom is -0.327 e. The molecule has 0 bridgehead atoms. The van der Waals surface area contributed by atoms with Crippen molar-refractivity contribution in [1.82, 2.24) is 0 Å². The zero-order valence-corrected chi connectivity index (χ0v) is 11.8. The topological polar surface area (TPSA) is 69.2 Å². The normalized spacial score (nSPS) is 12.8. The van der Waals surface area contributed by atoms with Crippen LogP contribution in [0.25, 0.3) is 0 Å². The molecule has 0 aromatic heterocycles. The lowest BCUT2D eigenvalue weighted by Crippen LogP contribution is -2.29. The fourth-order valence-electron chi connectivity index (χ4n) is 1.40. The summed E-state index contributed by atoms with van der Waals surface area (Å²) in [4.78, 5) is 10.4. The molecule has 1 atom stereocenters. The van der Waals surface area contributed by atoms with Crippen LogP contribution < -0.4 is 5.73 Å². The van der Waals surface area contributed by atoms with E-state index in [0.29, 0.717) is 12.0 Å². The quantitative estimate of drug-likeness (QED) is 0.515. The summed E-state index contributed by atoms with van der Waals surface area (Å²) in [5.41, 5.74) is 6.15. The Hall–Kier alpha value is -0.760. The number of nitrogens with two attached hydrogens (primary N) is 1. The number of rotatable bonds is 4. The first kappa shape index (κ1) is 14.3. The largest absolute Gasteiger partial charge is 0.327 e. The molecule has 0 radical (unpaired) electrons. The maximum Gasteiger partial charge on any atom is 0.273 e. The van der Waals surface area contributed by atoms with Crippen molar-refractivity contribution in [2.45, 2.75) is 26.3 Å². The molecular weight excluding hydrogens is 338 g/mol. The van der Waals surface area contributed by atoms with Gasteiger partial charge in [0, 0.05) is 17.7 Å². The SMILES string of the molecule is CC(C)C(N)Cc1cc(F)c(I)cc1[N+](=O)[O-]. The summed E-state index contributed by atoms with van der Waals surface area (Å²) in [6, 6.07) is 2.24. The number of nitro groups is 1. The summed E-state index contributed by atoms with van der Waals surface area (Å²) in [6.45, 7) is 3.86. The summed E-state index contributed by atoms with van der Waals surface area (Å²) >= 11 is 1.74. The van der Waals surface area contributed by atoms with Crippen LogP contribution in [0.3, 0.4) is 0 Å². The van der Waals surface area contributed by atoms with Gasteiger partial charge in [-0.3, -0.25) is 10.1 Å². The number of nitro benzene ring substituents is 1. The minimum atomic E-state index is -0.496. The molecule has 0 saturated heterocycles. The number of nitrogens with zero attached hydrogens (tertiary/aromatic N) is 1. The van der Waals surface area contributed by atoms with Crippen LogP contribution in [0, 0.1) is 25.4 Å². The van der Waals surface area contributed by atoms with Gasteiger partial charge in [-0.1, -0.05) is 13.8 Å². The molecule has 0 aliphatic heterocycles. The molecule has 6 heteroatoms. The van der Waals surface area contributed by atoms with Gasteiger partial charge in [-0.15, -0.1) is 0 Å². The molecule has 0 saturated carbocycles. The van der Waals surface area contributed by atoms with Crippen molar-refractivity contribution in [2.24, 2.45) is 11.7 Å². The first-order chi connectivity index (χ1) is 7.82. The van der Waals surface area contributed by atoms with Crippen molar-refractivity contribution in [3.8, 4) is 0 Å². The Morgan fingerprint density at radius 1 is 1.53 bits per heavy atom. The highest BCUT2D eigenvalue weighted by Crippen LogP contribution is 2.25.